The predicted octanol–water partition coefficient (Wildman–Crippen LogP) is 6.58. The third-order valence-electron chi connectivity index (χ3n) is 9.21. The lowest BCUT2D eigenvalue weighted by Crippen LogP contribution is -2.46. The Labute approximate surface area is 276 Å². The monoisotopic (exact) mass is 646 g/mol. The molecule has 1 N–H and O–H groups in total. The number of oxazole rings is 1. The van der Waals surface area contributed by atoms with Gasteiger partial charge in [0.2, 0.25) is 18.6 Å². The Hall–Kier alpha value is -5.64. The molecule has 2 aliphatic heterocycles. The van der Waals surface area contributed by atoms with Gasteiger partial charge >= 0.3 is 11.9 Å². The molecule has 10 heteroatoms. The van der Waals surface area contributed by atoms with Crippen molar-refractivity contribution in [1.82, 2.24) is 9.88 Å². The number of hydrogen-bond donors (Lipinski definition) is 1. The number of carboxylic acid groups (broad SMARTS) is 1. The van der Waals surface area contributed by atoms with Crippen LogP contribution in [-0.4, -0.2) is 52.3 Å². The van der Waals surface area contributed by atoms with Crippen molar-refractivity contribution >= 4 is 45.8 Å². The van der Waals surface area contributed by atoms with E-state index in [2.05, 4.69) is 11.1 Å². The Balaban J connectivity index is 1.25. The molecule has 2 aliphatic rings. The zero-order chi connectivity index (χ0) is 33.2. The van der Waals surface area contributed by atoms with E-state index in [1.165, 1.54) is 0 Å². The summed E-state index contributed by atoms with van der Waals surface area (Å²) in [6.45, 7) is 2.18. The minimum Gasteiger partial charge on any atom is -0.481 e. The van der Waals surface area contributed by atoms with Crippen LogP contribution in [0.1, 0.15) is 42.7 Å². The topological polar surface area (TPSA) is 128 Å². The van der Waals surface area contributed by atoms with Gasteiger partial charge in [0.1, 0.15) is 12.1 Å². The van der Waals surface area contributed by atoms with E-state index in [4.69, 9.17) is 18.6 Å². The van der Waals surface area contributed by atoms with Gasteiger partial charge in [-0.25, -0.2) is 4.98 Å². The van der Waals surface area contributed by atoms with Crippen molar-refractivity contribution in [2.24, 2.45) is 11.8 Å². The molecular weight excluding hydrogens is 612 g/mol. The van der Waals surface area contributed by atoms with E-state index in [0.717, 1.165) is 27.4 Å². The van der Waals surface area contributed by atoms with Gasteiger partial charge in [0.25, 0.3) is 0 Å². The molecule has 0 saturated carbocycles. The molecule has 1 saturated heterocycles. The van der Waals surface area contributed by atoms with Gasteiger partial charge in [0.05, 0.1) is 18.3 Å². The van der Waals surface area contributed by atoms with Crippen LogP contribution in [-0.2, 0) is 25.7 Å². The highest BCUT2D eigenvalue weighted by atomic mass is 16.7. The molecule has 4 unspecified atom stereocenters. The number of rotatable bonds is 11. The first-order valence-electron chi connectivity index (χ1n) is 15.9. The first-order valence-corrected chi connectivity index (χ1v) is 15.9. The number of cyclic esters (lactones) is 1. The fraction of sp³-hybridized carbons (Fsp3) is 0.263. The van der Waals surface area contributed by atoms with Crippen LogP contribution in [0.2, 0.25) is 0 Å². The zero-order valence-electron chi connectivity index (χ0n) is 26.3. The second-order valence-electron chi connectivity index (χ2n) is 12.2. The number of hydrogen-bond acceptors (Lipinski definition) is 8. The fourth-order valence-corrected chi connectivity index (χ4v) is 6.64. The largest absolute Gasteiger partial charge is 0.481 e. The van der Waals surface area contributed by atoms with Gasteiger partial charge in [0, 0.05) is 18.5 Å². The van der Waals surface area contributed by atoms with Crippen LogP contribution in [0, 0.1) is 11.8 Å². The number of fused-ring (bicyclic) bond motifs is 3. The SMILES string of the molecule is CC(C(CC=Cc1nc2ccccc2o1)c1ccc2c(c1)OCO2)N(Cc1ccc2ccccc2c1)C(=O)C1COC(=O)C1CC(=O)O. The molecule has 0 radical (unpaired) electrons. The van der Waals surface area contributed by atoms with Crippen molar-refractivity contribution in [1.29, 1.82) is 0 Å². The molecule has 244 valence electrons. The summed E-state index contributed by atoms with van der Waals surface area (Å²) in [5.74, 6) is -2.66. The summed E-state index contributed by atoms with van der Waals surface area (Å²) in [5.41, 5.74) is 3.27. The van der Waals surface area contributed by atoms with E-state index in [1.54, 1.807) is 4.90 Å². The average molecular weight is 647 g/mol. The number of nitrogens with zero attached hydrogens (tertiary/aromatic N) is 2. The first kappa shape index (κ1) is 31.0. The number of ether oxygens (including phenoxy) is 3. The maximum Gasteiger partial charge on any atom is 0.310 e. The number of benzene rings is 4. The van der Waals surface area contributed by atoms with Crippen LogP contribution < -0.4 is 9.47 Å². The van der Waals surface area contributed by atoms with E-state index in [1.807, 2.05) is 97.9 Å². The first-order chi connectivity index (χ1) is 23.3. The minimum atomic E-state index is -1.16. The zero-order valence-corrected chi connectivity index (χ0v) is 26.3. The van der Waals surface area contributed by atoms with Crippen molar-refractivity contribution in [3.8, 4) is 11.5 Å². The molecule has 4 aromatic carbocycles. The van der Waals surface area contributed by atoms with Gasteiger partial charge in [-0.1, -0.05) is 60.7 Å². The molecule has 4 atom stereocenters. The maximum absolute atomic E-state index is 14.5. The van der Waals surface area contributed by atoms with Crippen LogP contribution in [0.5, 0.6) is 11.5 Å². The quantitative estimate of drug-likeness (QED) is 0.158. The average Bonchev–Trinajstić information content (AvgIpc) is 3.83. The van der Waals surface area contributed by atoms with Gasteiger partial charge in [-0.05, 0) is 71.7 Å². The number of allylic oxidation sites excluding steroid dienone is 1. The molecule has 0 spiro atoms. The fourth-order valence-electron chi connectivity index (χ4n) is 6.64. The van der Waals surface area contributed by atoms with Gasteiger partial charge in [-0.3, -0.25) is 14.4 Å². The third-order valence-corrected chi connectivity index (χ3v) is 9.21. The van der Waals surface area contributed by atoms with Crippen LogP contribution >= 0.6 is 0 Å². The Morgan fingerprint density at radius 1 is 0.958 bits per heavy atom. The Bertz CT molecular complexity index is 2000. The van der Waals surface area contributed by atoms with Crippen LogP contribution in [0.25, 0.3) is 27.9 Å². The number of para-hydroxylation sites is 2. The molecular formula is C38H34N2O8. The summed E-state index contributed by atoms with van der Waals surface area (Å²) in [6.07, 6.45) is 3.82. The molecule has 5 aromatic rings. The van der Waals surface area contributed by atoms with Crippen molar-refractivity contribution in [2.75, 3.05) is 13.4 Å². The molecule has 3 heterocycles. The Morgan fingerprint density at radius 2 is 1.75 bits per heavy atom. The smallest absolute Gasteiger partial charge is 0.310 e. The van der Waals surface area contributed by atoms with Gasteiger partial charge in [0.15, 0.2) is 17.1 Å². The number of esters is 1. The second kappa shape index (κ2) is 13.2. The van der Waals surface area contributed by atoms with Gasteiger partial charge < -0.3 is 28.6 Å². The Kier molecular flexibility index (Phi) is 8.54. The highest BCUT2D eigenvalue weighted by Gasteiger charge is 2.45. The molecule has 7 rings (SSSR count). The number of amides is 1. The molecule has 0 bridgehead atoms. The molecule has 1 aromatic heterocycles. The summed E-state index contributed by atoms with van der Waals surface area (Å²) in [6, 6.07) is 27.0. The van der Waals surface area contributed by atoms with Crippen molar-refractivity contribution in [3.05, 3.63) is 108 Å². The predicted molar refractivity (Wildman–Crippen MR) is 177 cm³/mol. The number of aliphatic carboxylic acids is 1. The van der Waals surface area contributed by atoms with E-state index >= 15 is 0 Å². The second-order valence-corrected chi connectivity index (χ2v) is 12.2. The van der Waals surface area contributed by atoms with Crippen molar-refractivity contribution in [3.63, 3.8) is 0 Å². The van der Waals surface area contributed by atoms with Gasteiger partial charge in [-0.15, -0.1) is 0 Å². The lowest BCUT2D eigenvalue weighted by atomic mass is 9.85. The van der Waals surface area contributed by atoms with Gasteiger partial charge in [-0.2, -0.15) is 0 Å². The lowest BCUT2D eigenvalue weighted by Gasteiger charge is -2.37. The van der Waals surface area contributed by atoms with E-state index in [-0.39, 0.29) is 31.8 Å². The summed E-state index contributed by atoms with van der Waals surface area (Å²) in [4.78, 5) is 45.2. The highest BCUT2D eigenvalue weighted by Crippen LogP contribution is 2.39. The molecule has 1 amide bonds. The number of carbonyl (C=O) groups is 3. The highest BCUT2D eigenvalue weighted by molar-refractivity contribution is 5.90. The normalized spacial score (nSPS) is 18.3. The van der Waals surface area contributed by atoms with Crippen molar-refractivity contribution < 1.29 is 38.1 Å². The van der Waals surface area contributed by atoms with E-state index < -0.39 is 36.2 Å². The summed E-state index contributed by atoms with van der Waals surface area (Å²) >= 11 is 0. The maximum atomic E-state index is 14.5. The number of carboxylic acids is 1. The molecule has 48 heavy (non-hydrogen) atoms. The van der Waals surface area contributed by atoms with E-state index in [0.29, 0.717) is 29.4 Å². The third kappa shape index (κ3) is 6.33. The summed E-state index contributed by atoms with van der Waals surface area (Å²) in [5, 5.41) is 11.7. The lowest BCUT2D eigenvalue weighted by molar-refractivity contribution is -0.148. The molecule has 1 fully saturated rings. The number of carbonyl (C=O) groups excluding carboxylic acids is 2. The van der Waals surface area contributed by atoms with E-state index in [9.17, 15) is 19.5 Å². The van der Waals surface area contributed by atoms with Crippen molar-refractivity contribution in [2.45, 2.75) is 38.3 Å². The molecule has 10 nitrogen and oxygen atoms in total. The summed E-state index contributed by atoms with van der Waals surface area (Å²) in [7, 11) is 0. The standard InChI is InChI=1S/C38H34N2O8/c1-23(28(27-15-16-33-34(18-27)47-22-46-33)9-6-12-35-39-31-10-4-5-11-32(31)48-35)40(20-24-13-14-25-7-2-3-8-26(25)17-24)37(43)30-21-45-38(44)29(30)19-36(41)42/h2-8,10-18,23,28-30H,9,19-22H2,1H3,(H,41,42). The van der Waals surface area contributed by atoms with Crippen LogP contribution in [0.3, 0.4) is 0 Å². The molecule has 0 aliphatic carbocycles. The summed E-state index contributed by atoms with van der Waals surface area (Å²) < 4.78 is 22.4. The van der Waals surface area contributed by atoms with Crippen LogP contribution in [0.15, 0.2) is 95.4 Å². The number of aromatic nitrogens is 1. The Morgan fingerprint density at radius 3 is 2.58 bits per heavy atom. The van der Waals surface area contributed by atoms with Crippen LogP contribution in [0.4, 0.5) is 0 Å². The minimum absolute atomic E-state index is 0.129.